The van der Waals surface area contributed by atoms with Gasteiger partial charge in [0.25, 0.3) is 0 Å². The smallest absolute Gasteiger partial charge is 0.0788 e. The van der Waals surface area contributed by atoms with E-state index >= 15 is 0 Å². The minimum atomic E-state index is 1.14. The second kappa shape index (κ2) is 12.9. The van der Waals surface area contributed by atoms with Crippen molar-refractivity contribution in [2.24, 2.45) is 0 Å². The van der Waals surface area contributed by atoms with Crippen LogP contribution in [0.3, 0.4) is 0 Å². The average Bonchev–Trinajstić information content (AvgIpc) is 3.86. The Morgan fingerprint density at radius 2 is 0.724 bits per heavy atom. The molecule has 0 atom stereocenters. The monoisotopic (exact) mass is 736 g/mol. The number of hydrogen-bond donors (Lipinski definition) is 0. The quantitative estimate of drug-likeness (QED) is 0.156. The molecule has 12 rings (SSSR count). The third kappa shape index (κ3) is 4.99. The molecular weight excluding hydrogens is 701 g/mol. The summed E-state index contributed by atoms with van der Waals surface area (Å²) in [5.41, 5.74) is 13.2. The molecule has 0 amide bonds. The van der Waals surface area contributed by atoms with Crippen LogP contribution >= 0.6 is 0 Å². The Morgan fingerprint density at radius 1 is 0.259 bits per heavy atom. The molecule has 0 spiro atoms. The van der Waals surface area contributed by atoms with Gasteiger partial charge in [-0.05, 0) is 103 Å². The van der Waals surface area contributed by atoms with Crippen LogP contribution in [0.1, 0.15) is 0 Å². The van der Waals surface area contributed by atoms with Gasteiger partial charge in [0.05, 0.1) is 16.6 Å². The number of benzene rings is 10. The van der Waals surface area contributed by atoms with Crippen molar-refractivity contribution in [3.05, 3.63) is 219 Å². The van der Waals surface area contributed by atoms with Crippen molar-refractivity contribution in [2.75, 3.05) is 0 Å². The third-order valence-electron chi connectivity index (χ3n) is 12.1. The standard InChI is InChI=1S/C56H36N2/c1-4-14-37(15-5-1)40-26-30-46-47-31-27-41(35-52(47)45-21-11-10-20-44(45)51(46)34-40)38-24-28-43(29-25-38)58-54-23-13-12-22-48(54)49-32-33-50-53(39-16-6-2-7-17-39)36-57(55(50)56(49)58)42-18-8-3-9-19-42/h1-36H. The molecule has 0 aliphatic rings. The van der Waals surface area contributed by atoms with E-state index in [9.17, 15) is 0 Å². The summed E-state index contributed by atoms with van der Waals surface area (Å²) in [6.45, 7) is 0. The highest BCUT2D eigenvalue weighted by atomic mass is 15.0. The fraction of sp³-hybridized carbons (Fsp3) is 0. The van der Waals surface area contributed by atoms with Gasteiger partial charge in [-0.1, -0.05) is 170 Å². The van der Waals surface area contributed by atoms with Gasteiger partial charge in [0.2, 0.25) is 0 Å². The van der Waals surface area contributed by atoms with Crippen molar-refractivity contribution in [2.45, 2.75) is 0 Å². The molecule has 12 aromatic rings. The SMILES string of the molecule is c1ccc(-c2ccc3c4ccc(-c5ccc(-n6c7ccccc7c7ccc8c(-c9ccccc9)cn(-c9ccccc9)c8c76)cc5)cc4c4ccccc4c3c2)cc1. The number of fused-ring (bicyclic) bond motifs is 11. The topological polar surface area (TPSA) is 9.86 Å². The summed E-state index contributed by atoms with van der Waals surface area (Å²) in [7, 11) is 0. The van der Waals surface area contributed by atoms with E-state index in [4.69, 9.17) is 0 Å². The molecule has 0 saturated carbocycles. The molecule has 0 radical (unpaired) electrons. The molecule has 0 N–H and O–H groups in total. The van der Waals surface area contributed by atoms with Gasteiger partial charge in [0, 0.05) is 39.3 Å². The van der Waals surface area contributed by atoms with Gasteiger partial charge < -0.3 is 9.13 Å². The molecule has 10 aromatic carbocycles. The lowest BCUT2D eigenvalue weighted by atomic mass is 9.90. The molecule has 2 nitrogen and oxygen atoms in total. The predicted molar refractivity (Wildman–Crippen MR) is 246 cm³/mol. The van der Waals surface area contributed by atoms with Crippen LogP contribution in [-0.4, -0.2) is 9.13 Å². The Labute approximate surface area is 336 Å². The Kier molecular flexibility index (Phi) is 7.26. The first-order valence-electron chi connectivity index (χ1n) is 20.0. The van der Waals surface area contributed by atoms with Gasteiger partial charge in [-0.3, -0.25) is 0 Å². The number of nitrogens with zero attached hydrogens (tertiary/aromatic N) is 2. The summed E-state index contributed by atoms with van der Waals surface area (Å²) >= 11 is 0. The van der Waals surface area contributed by atoms with Crippen LogP contribution in [0.25, 0.3) is 110 Å². The summed E-state index contributed by atoms with van der Waals surface area (Å²) in [6.07, 6.45) is 2.31. The lowest BCUT2D eigenvalue weighted by molar-refractivity contribution is 1.12. The molecule has 0 bridgehead atoms. The molecule has 2 heteroatoms. The van der Waals surface area contributed by atoms with E-state index in [-0.39, 0.29) is 0 Å². The first-order chi connectivity index (χ1) is 28.8. The molecule has 0 aliphatic heterocycles. The van der Waals surface area contributed by atoms with Crippen molar-refractivity contribution < 1.29 is 0 Å². The molecule has 2 heterocycles. The fourth-order valence-corrected chi connectivity index (χ4v) is 9.42. The predicted octanol–water partition coefficient (Wildman–Crippen LogP) is 15.2. The normalized spacial score (nSPS) is 11.8. The van der Waals surface area contributed by atoms with Gasteiger partial charge in [-0.2, -0.15) is 0 Å². The maximum atomic E-state index is 2.47. The maximum absolute atomic E-state index is 2.47. The molecule has 0 saturated heterocycles. The van der Waals surface area contributed by atoms with Crippen molar-refractivity contribution >= 4 is 65.0 Å². The Balaban J connectivity index is 1.04. The Morgan fingerprint density at radius 3 is 1.36 bits per heavy atom. The van der Waals surface area contributed by atoms with Crippen LogP contribution in [0.5, 0.6) is 0 Å². The zero-order chi connectivity index (χ0) is 38.2. The van der Waals surface area contributed by atoms with Crippen LogP contribution in [0.2, 0.25) is 0 Å². The Hall–Kier alpha value is -7.68. The zero-order valence-corrected chi connectivity index (χ0v) is 31.7. The van der Waals surface area contributed by atoms with Gasteiger partial charge in [0.15, 0.2) is 0 Å². The van der Waals surface area contributed by atoms with E-state index in [1.54, 1.807) is 0 Å². The van der Waals surface area contributed by atoms with Crippen molar-refractivity contribution in [3.8, 4) is 44.8 Å². The average molecular weight is 737 g/mol. The molecule has 2 aromatic heterocycles. The van der Waals surface area contributed by atoms with Crippen LogP contribution in [-0.2, 0) is 0 Å². The van der Waals surface area contributed by atoms with Crippen molar-refractivity contribution in [1.29, 1.82) is 0 Å². The van der Waals surface area contributed by atoms with E-state index < -0.39 is 0 Å². The van der Waals surface area contributed by atoms with Crippen LogP contribution in [0, 0.1) is 0 Å². The van der Waals surface area contributed by atoms with Crippen LogP contribution in [0.4, 0.5) is 0 Å². The number of aromatic nitrogens is 2. The molecule has 58 heavy (non-hydrogen) atoms. The molecule has 0 fully saturated rings. The number of hydrogen-bond acceptors (Lipinski definition) is 0. The summed E-state index contributed by atoms with van der Waals surface area (Å²) in [6, 6.07) is 77.6. The van der Waals surface area contributed by atoms with E-state index in [1.807, 2.05) is 0 Å². The fourth-order valence-electron chi connectivity index (χ4n) is 9.42. The van der Waals surface area contributed by atoms with E-state index in [1.165, 1.54) is 98.4 Å². The lowest BCUT2D eigenvalue weighted by Gasteiger charge is -2.14. The minimum absolute atomic E-state index is 1.14. The van der Waals surface area contributed by atoms with Gasteiger partial charge in [0.1, 0.15) is 0 Å². The first kappa shape index (κ1) is 32.6. The van der Waals surface area contributed by atoms with Gasteiger partial charge in [-0.25, -0.2) is 0 Å². The Bertz CT molecular complexity index is 3500. The summed E-state index contributed by atoms with van der Waals surface area (Å²) in [4.78, 5) is 0. The third-order valence-corrected chi connectivity index (χ3v) is 12.1. The first-order valence-corrected chi connectivity index (χ1v) is 20.0. The summed E-state index contributed by atoms with van der Waals surface area (Å²) < 4.78 is 4.85. The summed E-state index contributed by atoms with van der Waals surface area (Å²) in [5.74, 6) is 0. The van der Waals surface area contributed by atoms with Crippen LogP contribution in [0.15, 0.2) is 219 Å². The molecular formula is C56H36N2. The van der Waals surface area contributed by atoms with E-state index in [0.29, 0.717) is 0 Å². The molecule has 270 valence electrons. The van der Waals surface area contributed by atoms with Gasteiger partial charge in [-0.15, -0.1) is 0 Å². The maximum Gasteiger partial charge on any atom is 0.0788 e. The van der Waals surface area contributed by atoms with E-state index in [0.717, 1.165) is 11.4 Å². The second-order valence-electron chi connectivity index (χ2n) is 15.3. The lowest BCUT2D eigenvalue weighted by Crippen LogP contribution is -1.98. The van der Waals surface area contributed by atoms with Crippen LogP contribution < -0.4 is 0 Å². The van der Waals surface area contributed by atoms with Gasteiger partial charge >= 0.3 is 0 Å². The number of para-hydroxylation sites is 2. The molecule has 0 unspecified atom stereocenters. The minimum Gasteiger partial charge on any atom is -0.314 e. The second-order valence-corrected chi connectivity index (χ2v) is 15.3. The van der Waals surface area contributed by atoms with Crippen molar-refractivity contribution in [1.82, 2.24) is 9.13 Å². The zero-order valence-electron chi connectivity index (χ0n) is 31.7. The summed E-state index contributed by atoms with van der Waals surface area (Å²) in [5, 5.41) is 11.4. The largest absolute Gasteiger partial charge is 0.314 e. The van der Waals surface area contributed by atoms with Crippen molar-refractivity contribution in [3.63, 3.8) is 0 Å². The highest BCUT2D eigenvalue weighted by Gasteiger charge is 2.21. The number of rotatable bonds is 5. The molecule has 0 aliphatic carbocycles. The highest BCUT2D eigenvalue weighted by molar-refractivity contribution is 6.26. The highest BCUT2D eigenvalue weighted by Crippen LogP contribution is 2.43. The van der Waals surface area contributed by atoms with E-state index in [2.05, 4.69) is 228 Å².